The van der Waals surface area contributed by atoms with Gasteiger partial charge < -0.3 is 14.5 Å². The maximum atomic E-state index is 13.4. The van der Waals surface area contributed by atoms with Crippen molar-refractivity contribution in [1.82, 2.24) is 14.9 Å². The van der Waals surface area contributed by atoms with Crippen LogP contribution < -0.4 is 4.90 Å². The van der Waals surface area contributed by atoms with Gasteiger partial charge in [-0.2, -0.15) is 13.2 Å². The summed E-state index contributed by atoms with van der Waals surface area (Å²) in [6, 6.07) is 15.0. The third-order valence-corrected chi connectivity index (χ3v) is 6.84. The number of alkyl halides is 3. The van der Waals surface area contributed by atoms with E-state index in [4.69, 9.17) is 14.7 Å². The van der Waals surface area contributed by atoms with Gasteiger partial charge in [0.25, 0.3) is 0 Å². The normalized spacial score (nSPS) is 16.2. The standard InChI is InChI=1S/C28H29F3N4O2/c1-37-18-24-23(17-19-6-5-9-22(16-19)28(29,30)31)26(33-25(32-24)20-7-3-2-4-8-20)34-12-14-35(15-13-34)27(36)21-10-11-21/h2-9,16,21H,10-15,17-18H2,1H3. The van der Waals surface area contributed by atoms with Crippen molar-refractivity contribution in [3.05, 3.63) is 77.0 Å². The van der Waals surface area contributed by atoms with Gasteiger partial charge in [-0.15, -0.1) is 0 Å². The quantitative estimate of drug-likeness (QED) is 0.450. The first-order valence-corrected chi connectivity index (χ1v) is 12.5. The van der Waals surface area contributed by atoms with Crippen molar-refractivity contribution in [3.8, 4) is 11.4 Å². The second kappa shape index (κ2) is 10.5. The lowest BCUT2D eigenvalue weighted by molar-refractivity contribution is -0.137. The number of rotatable bonds is 7. The van der Waals surface area contributed by atoms with Crippen LogP contribution in [0.15, 0.2) is 54.6 Å². The zero-order valence-electron chi connectivity index (χ0n) is 20.7. The van der Waals surface area contributed by atoms with E-state index < -0.39 is 11.7 Å². The minimum atomic E-state index is -4.42. The van der Waals surface area contributed by atoms with Crippen LogP contribution >= 0.6 is 0 Å². The smallest absolute Gasteiger partial charge is 0.378 e. The Bertz CT molecular complexity index is 1250. The van der Waals surface area contributed by atoms with Crippen molar-refractivity contribution in [2.45, 2.75) is 32.0 Å². The number of aromatic nitrogens is 2. The number of carbonyl (C=O) groups is 1. The first-order valence-electron chi connectivity index (χ1n) is 12.5. The molecular weight excluding hydrogens is 481 g/mol. The summed E-state index contributed by atoms with van der Waals surface area (Å²) < 4.78 is 45.6. The summed E-state index contributed by atoms with van der Waals surface area (Å²) in [5.74, 6) is 1.60. The molecule has 0 radical (unpaired) electrons. The highest BCUT2D eigenvalue weighted by atomic mass is 19.4. The maximum Gasteiger partial charge on any atom is 0.416 e. The minimum absolute atomic E-state index is 0.167. The average Bonchev–Trinajstić information content (AvgIpc) is 3.75. The van der Waals surface area contributed by atoms with Gasteiger partial charge in [-0.1, -0.05) is 48.5 Å². The van der Waals surface area contributed by atoms with Crippen molar-refractivity contribution in [2.24, 2.45) is 5.92 Å². The summed E-state index contributed by atoms with van der Waals surface area (Å²) in [4.78, 5) is 26.3. The molecule has 2 aliphatic rings. The van der Waals surface area contributed by atoms with Crippen molar-refractivity contribution in [3.63, 3.8) is 0 Å². The van der Waals surface area contributed by atoms with E-state index >= 15 is 0 Å². The van der Waals surface area contributed by atoms with E-state index in [2.05, 4.69) is 4.90 Å². The molecule has 0 unspecified atom stereocenters. The van der Waals surface area contributed by atoms with Crippen LogP contribution in [0.2, 0.25) is 0 Å². The van der Waals surface area contributed by atoms with Gasteiger partial charge in [0, 0.05) is 56.8 Å². The molecule has 1 aliphatic carbocycles. The molecule has 6 nitrogen and oxygen atoms in total. The average molecular weight is 511 g/mol. The molecule has 2 heterocycles. The summed E-state index contributed by atoms with van der Waals surface area (Å²) in [5, 5.41) is 0. The van der Waals surface area contributed by atoms with E-state index in [1.807, 2.05) is 35.2 Å². The molecule has 2 fully saturated rings. The van der Waals surface area contributed by atoms with Crippen LogP contribution in [-0.2, 0) is 28.7 Å². The molecule has 0 atom stereocenters. The number of amides is 1. The molecule has 37 heavy (non-hydrogen) atoms. The lowest BCUT2D eigenvalue weighted by Crippen LogP contribution is -2.49. The summed E-state index contributed by atoms with van der Waals surface area (Å²) in [7, 11) is 1.57. The maximum absolute atomic E-state index is 13.4. The Hall–Kier alpha value is -3.46. The van der Waals surface area contributed by atoms with E-state index in [1.54, 1.807) is 13.2 Å². The number of benzene rings is 2. The highest BCUT2D eigenvalue weighted by Gasteiger charge is 2.35. The summed E-state index contributed by atoms with van der Waals surface area (Å²) >= 11 is 0. The van der Waals surface area contributed by atoms with Gasteiger partial charge in [0.1, 0.15) is 5.82 Å². The number of carbonyl (C=O) groups excluding carboxylic acids is 1. The number of ether oxygens (including phenoxy) is 1. The molecule has 3 aromatic rings. The number of piperazine rings is 1. The van der Waals surface area contributed by atoms with E-state index in [0.717, 1.165) is 30.0 Å². The Morgan fingerprint density at radius 1 is 1.00 bits per heavy atom. The Morgan fingerprint density at radius 3 is 2.38 bits per heavy atom. The van der Waals surface area contributed by atoms with Crippen LogP contribution in [0.25, 0.3) is 11.4 Å². The van der Waals surface area contributed by atoms with Gasteiger partial charge in [-0.3, -0.25) is 4.79 Å². The van der Waals surface area contributed by atoms with Crippen LogP contribution in [0.3, 0.4) is 0 Å². The largest absolute Gasteiger partial charge is 0.416 e. The Balaban J connectivity index is 1.53. The minimum Gasteiger partial charge on any atom is -0.378 e. The predicted molar refractivity (Wildman–Crippen MR) is 134 cm³/mol. The molecule has 194 valence electrons. The summed E-state index contributed by atoms with van der Waals surface area (Å²) in [6.45, 7) is 2.55. The highest BCUT2D eigenvalue weighted by molar-refractivity contribution is 5.81. The summed E-state index contributed by atoms with van der Waals surface area (Å²) in [5.41, 5.74) is 2.05. The molecule has 0 N–H and O–H groups in total. The lowest BCUT2D eigenvalue weighted by Gasteiger charge is -2.37. The van der Waals surface area contributed by atoms with Crippen LogP contribution in [0.4, 0.5) is 19.0 Å². The van der Waals surface area contributed by atoms with Crippen LogP contribution in [0.5, 0.6) is 0 Å². The molecule has 9 heteroatoms. The van der Waals surface area contributed by atoms with Crippen LogP contribution in [0.1, 0.15) is 35.2 Å². The molecule has 1 amide bonds. The fourth-order valence-corrected chi connectivity index (χ4v) is 4.72. The number of halogens is 3. The molecule has 0 bridgehead atoms. The molecule has 5 rings (SSSR count). The molecule has 1 aromatic heterocycles. The first-order chi connectivity index (χ1) is 17.8. The zero-order valence-corrected chi connectivity index (χ0v) is 20.7. The number of hydrogen-bond acceptors (Lipinski definition) is 5. The predicted octanol–water partition coefficient (Wildman–Crippen LogP) is 4.96. The Kier molecular flexibility index (Phi) is 7.15. The highest BCUT2D eigenvalue weighted by Crippen LogP contribution is 2.34. The van der Waals surface area contributed by atoms with Crippen molar-refractivity contribution in [2.75, 3.05) is 38.2 Å². The molecule has 1 saturated heterocycles. The third kappa shape index (κ3) is 5.77. The SMILES string of the molecule is COCc1nc(-c2ccccc2)nc(N2CCN(C(=O)C3CC3)CC2)c1Cc1cccc(C(F)(F)F)c1. The number of anilines is 1. The summed E-state index contributed by atoms with van der Waals surface area (Å²) in [6.07, 6.45) is -2.26. The fraction of sp³-hybridized carbons (Fsp3) is 0.393. The zero-order chi connectivity index (χ0) is 26.0. The van der Waals surface area contributed by atoms with Crippen molar-refractivity contribution < 1.29 is 22.7 Å². The van der Waals surface area contributed by atoms with E-state index in [0.29, 0.717) is 49.1 Å². The molecular formula is C28H29F3N4O2. The van der Waals surface area contributed by atoms with Crippen LogP contribution in [0, 0.1) is 5.92 Å². The lowest BCUT2D eigenvalue weighted by atomic mass is 10.0. The van der Waals surface area contributed by atoms with Gasteiger partial charge in [-0.25, -0.2) is 9.97 Å². The Morgan fingerprint density at radius 2 is 1.73 bits per heavy atom. The number of nitrogens with zero attached hydrogens (tertiary/aromatic N) is 4. The third-order valence-electron chi connectivity index (χ3n) is 6.84. The second-order valence-corrected chi connectivity index (χ2v) is 9.56. The molecule has 1 saturated carbocycles. The van der Waals surface area contributed by atoms with Gasteiger partial charge in [0.05, 0.1) is 17.9 Å². The second-order valence-electron chi connectivity index (χ2n) is 9.56. The molecule has 0 spiro atoms. The molecule has 1 aliphatic heterocycles. The van der Waals surface area contributed by atoms with Gasteiger partial charge in [0.15, 0.2) is 5.82 Å². The van der Waals surface area contributed by atoms with E-state index in [-0.39, 0.29) is 24.9 Å². The van der Waals surface area contributed by atoms with Crippen molar-refractivity contribution in [1.29, 1.82) is 0 Å². The Labute approximate surface area is 214 Å². The fourth-order valence-electron chi connectivity index (χ4n) is 4.72. The van der Waals surface area contributed by atoms with Gasteiger partial charge in [0.2, 0.25) is 5.91 Å². The van der Waals surface area contributed by atoms with Crippen molar-refractivity contribution >= 4 is 11.7 Å². The first kappa shape index (κ1) is 25.2. The number of methoxy groups -OCH3 is 1. The van der Waals surface area contributed by atoms with E-state index in [9.17, 15) is 18.0 Å². The van der Waals surface area contributed by atoms with Crippen LogP contribution in [-0.4, -0.2) is 54.1 Å². The number of hydrogen-bond donors (Lipinski definition) is 0. The van der Waals surface area contributed by atoms with Gasteiger partial charge in [-0.05, 0) is 24.5 Å². The molecule has 2 aromatic carbocycles. The topological polar surface area (TPSA) is 58.6 Å². The van der Waals surface area contributed by atoms with E-state index in [1.165, 1.54) is 12.1 Å². The van der Waals surface area contributed by atoms with Gasteiger partial charge >= 0.3 is 6.18 Å². The monoisotopic (exact) mass is 510 g/mol.